The lowest BCUT2D eigenvalue weighted by Gasteiger charge is -2.27. The molecule has 3 nitrogen and oxygen atoms in total. The second-order valence-corrected chi connectivity index (χ2v) is 5.06. The topological polar surface area (TPSA) is 46.5 Å². The van der Waals surface area contributed by atoms with Gasteiger partial charge in [0.2, 0.25) is 0 Å². The number of carbonyl (C=O) groups excluding carboxylic acids is 1. The summed E-state index contributed by atoms with van der Waals surface area (Å²) in [5.74, 6) is 0.528. The maximum atomic E-state index is 11.7. The maximum absolute atomic E-state index is 11.7. The van der Waals surface area contributed by atoms with E-state index in [-0.39, 0.29) is 12.4 Å². The molecule has 1 N–H and O–H groups in total. The van der Waals surface area contributed by atoms with Crippen LogP contribution in [0, 0.1) is 5.92 Å². The van der Waals surface area contributed by atoms with E-state index in [2.05, 4.69) is 4.94 Å². The Balaban J connectivity index is 2.51. The molecular formula is C13H21FO3. The fourth-order valence-corrected chi connectivity index (χ4v) is 2.29. The van der Waals surface area contributed by atoms with E-state index < -0.39 is 5.60 Å². The van der Waals surface area contributed by atoms with Gasteiger partial charge in [-0.15, -0.1) is 0 Å². The Hall–Kier alpha value is -0.740. The quantitative estimate of drug-likeness (QED) is 0.781. The number of rotatable bonds is 6. The van der Waals surface area contributed by atoms with Gasteiger partial charge in [0.25, 0.3) is 0 Å². The van der Waals surface area contributed by atoms with Crippen LogP contribution in [0.2, 0.25) is 0 Å². The Bertz CT molecular complexity index is 297. The summed E-state index contributed by atoms with van der Waals surface area (Å²) in [5, 5.41) is 9.80. The number of hydrogen-bond donors (Lipinski definition) is 1. The molecule has 0 radical (unpaired) electrons. The largest absolute Gasteiger partial charge is 0.388 e. The van der Waals surface area contributed by atoms with Gasteiger partial charge in [0.05, 0.1) is 5.60 Å². The van der Waals surface area contributed by atoms with E-state index >= 15 is 0 Å². The van der Waals surface area contributed by atoms with Gasteiger partial charge in [-0.3, -0.25) is 4.79 Å². The first-order chi connectivity index (χ1) is 7.98. The van der Waals surface area contributed by atoms with Crippen molar-refractivity contribution in [2.45, 2.75) is 51.6 Å². The molecule has 0 fully saturated rings. The average molecular weight is 244 g/mol. The Labute approximate surface area is 102 Å². The van der Waals surface area contributed by atoms with Gasteiger partial charge in [0.1, 0.15) is 6.61 Å². The molecule has 0 saturated heterocycles. The van der Waals surface area contributed by atoms with Crippen LogP contribution >= 0.6 is 0 Å². The van der Waals surface area contributed by atoms with Gasteiger partial charge in [0.15, 0.2) is 5.78 Å². The summed E-state index contributed by atoms with van der Waals surface area (Å²) in [7, 11) is 0. The zero-order valence-corrected chi connectivity index (χ0v) is 10.5. The molecular weight excluding hydrogens is 223 g/mol. The van der Waals surface area contributed by atoms with Crippen molar-refractivity contribution < 1.29 is 19.4 Å². The molecule has 0 aliphatic heterocycles. The van der Waals surface area contributed by atoms with Crippen LogP contribution in [0.15, 0.2) is 11.6 Å². The zero-order chi connectivity index (χ0) is 12.9. The van der Waals surface area contributed by atoms with Crippen LogP contribution in [0.4, 0.5) is 4.53 Å². The second-order valence-electron chi connectivity index (χ2n) is 5.06. The fourth-order valence-electron chi connectivity index (χ4n) is 2.29. The SMILES string of the molecule is CCC1=CC(=O)CCC1CCC(C)(O)COF. The zero-order valence-electron chi connectivity index (χ0n) is 10.5. The van der Waals surface area contributed by atoms with Gasteiger partial charge in [0, 0.05) is 6.42 Å². The summed E-state index contributed by atoms with van der Waals surface area (Å²) in [6.45, 7) is 3.29. The van der Waals surface area contributed by atoms with Crippen LogP contribution in [0.1, 0.15) is 46.0 Å². The number of hydrogen-bond acceptors (Lipinski definition) is 3. The van der Waals surface area contributed by atoms with E-state index in [1.165, 1.54) is 0 Å². The van der Waals surface area contributed by atoms with E-state index in [1.54, 1.807) is 13.0 Å². The minimum Gasteiger partial charge on any atom is -0.388 e. The second kappa shape index (κ2) is 6.26. The van der Waals surface area contributed by atoms with Gasteiger partial charge in [-0.2, -0.15) is 4.94 Å². The molecule has 2 unspecified atom stereocenters. The lowest BCUT2D eigenvalue weighted by Crippen LogP contribution is -2.30. The molecule has 2 atom stereocenters. The smallest absolute Gasteiger partial charge is 0.155 e. The molecule has 1 rings (SSSR count). The fraction of sp³-hybridized carbons (Fsp3) is 0.769. The van der Waals surface area contributed by atoms with Crippen molar-refractivity contribution in [3.63, 3.8) is 0 Å². The highest BCUT2D eigenvalue weighted by Gasteiger charge is 2.26. The van der Waals surface area contributed by atoms with Crippen molar-refractivity contribution in [1.29, 1.82) is 0 Å². The van der Waals surface area contributed by atoms with Crippen molar-refractivity contribution in [2.24, 2.45) is 5.92 Å². The average Bonchev–Trinajstić information content (AvgIpc) is 2.27. The van der Waals surface area contributed by atoms with Crippen molar-refractivity contribution >= 4 is 5.78 Å². The molecule has 0 spiro atoms. The van der Waals surface area contributed by atoms with Crippen molar-refractivity contribution in [3.05, 3.63) is 11.6 Å². The van der Waals surface area contributed by atoms with Crippen molar-refractivity contribution in [3.8, 4) is 0 Å². The number of ketones is 1. The first-order valence-electron chi connectivity index (χ1n) is 6.17. The summed E-state index contributed by atoms with van der Waals surface area (Å²) in [4.78, 5) is 14.8. The summed E-state index contributed by atoms with van der Waals surface area (Å²) in [5.41, 5.74) is 0.0212. The van der Waals surface area contributed by atoms with Crippen LogP contribution in [0.25, 0.3) is 0 Å². The lowest BCUT2D eigenvalue weighted by atomic mass is 9.81. The first-order valence-corrected chi connectivity index (χ1v) is 6.17. The van der Waals surface area contributed by atoms with Gasteiger partial charge in [-0.25, -0.2) is 0 Å². The van der Waals surface area contributed by atoms with Gasteiger partial charge >= 0.3 is 0 Å². The first kappa shape index (κ1) is 14.3. The van der Waals surface area contributed by atoms with Crippen LogP contribution in [-0.2, 0) is 9.74 Å². The minimum absolute atomic E-state index is 0.192. The molecule has 0 saturated carbocycles. The highest BCUT2D eigenvalue weighted by molar-refractivity contribution is 5.91. The van der Waals surface area contributed by atoms with Gasteiger partial charge in [-0.1, -0.05) is 12.5 Å². The molecule has 0 aromatic carbocycles. The third-order valence-electron chi connectivity index (χ3n) is 3.42. The molecule has 1 aliphatic rings. The molecule has 17 heavy (non-hydrogen) atoms. The van der Waals surface area contributed by atoms with E-state index in [9.17, 15) is 14.4 Å². The third-order valence-corrected chi connectivity index (χ3v) is 3.42. The van der Waals surface area contributed by atoms with Crippen LogP contribution in [0.3, 0.4) is 0 Å². The normalized spacial score (nSPS) is 24.4. The highest BCUT2D eigenvalue weighted by atomic mass is 19.3. The minimum atomic E-state index is -1.13. The van der Waals surface area contributed by atoms with E-state index in [1.807, 2.05) is 6.92 Å². The Kier molecular flexibility index (Phi) is 5.28. The predicted octanol–water partition coefficient (Wildman–Crippen LogP) is 2.73. The molecule has 0 aromatic rings. The van der Waals surface area contributed by atoms with Gasteiger partial charge in [-0.05, 0) is 49.1 Å². The highest BCUT2D eigenvalue weighted by Crippen LogP contribution is 2.31. The van der Waals surface area contributed by atoms with E-state index in [0.29, 0.717) is 18.8 Å². The molecule has 4 heteroatoms. The molecule has 1 aliphatic carbocycles. The monoisotopic (exact) mass is 244 g/mol. The van der Waals surface area contributed by atoms with E-state index in [4.69, 9.17) is 0 Å². The van der Waals surface area contributed by atoms with Crippen molar-refractivity contribution in [2.75, 3.05) is 6.61 Å². The summed E-state index contributed by atoms with van der Waals surface area (Å²) in [6.07, 6.45) is 5.25. The Morgan fingerprint density at radius 1 is 1.65 bits per heavy atom. The van der Waals surface area contributed by atoms with E-state index in [0.717, 1.165) is 24.8 Å². The maximum Gasteiger partial charge on any atom is 0.155 e. The number of carbonyl (C=O) groups is 1. The summed E-state index contributed by atoms with van der Waals surface area (Å²) >= 11 is 0. The summed E-state index contributed by atoms with van der Waals surface area (Å²) < 4.78 is 11.7. The van der Waals surface area contributed by atoms with Gasteiger partial charge < -0.3 is 5.11 Å². The van der Waals surface area contributed by atoms with Crippen LogP contribution in [0.5, 0.6) is 0 Å². The Morgan fingerprint density at radius 2 is 2.35 bits per heavy atom. The van der Waals surface area contributed by atoms with Crippen LogP contribution < -0.4 is 0 Å². The standard InChI is InChI=1S/C13H21FO3/c1-3-10-8-12(15)5-4-11(10)6-7-13(2,16)9-17-14/h8,11,16H,3-7,9H2,1-2H3. The van der Waals surface area contributed by atoms with Crippen molar-refractivity contribution in [1.82, 2.24) is 0 Å². The molecule has 0 aromatic heterocycles. The number of allylic oxidation sites excluding steroid dienone is 2. The molecule has 0 amide bonds. The molecule has 0 heterocycles. The third kappa shape index (κ3) is 4.56. The summed E-state index contributed by atoms with van der Waals surface area (Å²) in [6, 6.07) is 0. The molecule has 98 valence electrons. The number of aliphatic hydroxyl groups is 1. The Morgan fingerprint density at radius 3 is 2.94 bits per heavy atom. The number of halogens is 1. The molecule has 0 bridgehead atoms. The predicted molar refractivity (Wildman–Crippen MR) is 63.0 cm³/mol. The lowest BCUT2D eigenvalue weighted by molar-refractivity contribution is -0.182. The van der Waals surface area contributed by atoms with Crippen LogP contribution in [-0.4, -0.2) is 23.1 Å².